The predicted octanol–water partition coefficient (Wildman–Crippen LogP) is 2.09. The fraction of sp³-hybridized carbons (Fsp3) is 0.500. The fourth-order valence-corrected chi connectivity index (χ4v) is 1.80. The summed E-state index contributed by atoms with van der Waals surface area (Å²) in [6.07, 6.45) is 2.44. The minimum absolute atomic E-state index is 0.198. The van der Waals surface area contributed by atoms with Crippen LogP contribution in [-0.4, -0.2) is 19.2 Å². The van der Waals surface area contributed by atoms with E-state index < -0.39 is 0 Å². The molecule has 1 N–H and O–H groups in total. The lowest BCUT2D eigenvalue weighted by Gasteiger charge is -2.10. The van der Waals surface area contributed by atoms with Crippen molar-refractivity contribution in [2.24, 2.45) is 0 Å². The summed E-state index contributed by atoms with van der Waals surface area (Å²) < 4.78 is 18.2. The molecule has 1 fully saturated rings. The summed E-state index contributed by atoms with van der Waals surface area (Å²) in [7, 11) is 0. The molecule has 1 aromatic rings. The zero-order valence-electron chi connectivity index (χ0n) is 8.71. The Bertz CT molecular complexity index is 293. The van der Waals surface area contributed by atoms with Crippen LogP contribution in [0.4, 0.5) is 4.39 Å². The van der Waals surface area contributed by atoms with Gasteiger partial charge in [-0.25, -0.2) is 4.39 Å². The lowest BCUT2D eigenvalue weighted by Crippen LogP contribution is -2.26. The largest absolute Gasteiger partial charge is 0.375 e. The van der Waals surface area contributed by atoms with Crippen molar-refractivity contribution >= 4 is 0 Å². The number of rotatable bonds is 4. The van der Waals surface area contributed by atoms with Crippen LogP contribution in [0, 0.1) is 5.82 Å². The van der Waals surface area contributed by atoms with E-state index >= 15 is 0 Å². The quantitative estimate of drug-likeness (QED) is 0.820. The maximum absolute atomic E-state index is 12.6. The molecule has 2 nitrogen and oxygen atoms in total. The van der Waals surface area contributed by atoms with E-state index in [9.17, 15) is 4.39 Å². The van der Waals surface area contributed by atoms with E-state index in [4.69, 9.17) is 4.74 Å². The monoisotopic (exact) mass is 209 g/mol. The number of ether oxygens (including phenoxy) is 1. The van der Waals surface area contributed by atoms with Gasteiger partial charge in [-0.1, -0.05) is 12.1 Å². The zero-order valence-corrected chi connectivity index (χ0v) is 8.71. The third-order valence-electron chi connectivity index (χ3n) is 2.66. The predicted molar refractivity (Wildman–Crippen MR) is 57.1 cm³/mol. The van der Waals surface area contributed by atoms with Crippen molar-refractivity contribution in [1.29, 1.82) is 0 Å². The fourth-order valence-electron chi connectivity index (χ4n) is 1.80. The SMILES string of the molecule is Fc1ccc(COCC2CCCN2)cc1. The van der Waals surface area contributed by atoms with Gasteiger partial charge >= 0.3 is 0 Å². The Hall–Kier alpha value is -0.930. The summed E-state index contributed by atoms with van der Waals surface area (Å²) in [4.78, 5) is 0. The second kappa shape index (κ2) is 5.24. The first-order valence-corrected chi connectivity index (χ1v) is 5.40. The third kappa shape index (κ3) is 3.29. The molecule has 1 heterocycles. The highest BCUT2D eigenvalue weighted by atomic mass is 19.1. The van der Waals surface area contributed by atoms with Crippen molar-refractivity contribution in [3.8, 4) is 0 Å². The highest BCUT2D eigenvalue weighted by Crippen LogP contribution is 2.08. The average molecular weight is 209 g/mol. The van der Waals surface area contributed by atoms with Crippen LogP contribution in [-0.2, 0) is 11.3 Å². The van der Waals surface area contributed by atoms with Gasteiger partial charge < -0.3 is 10.1 Å². The molecule has 0 amide bonds. The van der Waals surface area contributed by atoms with Crippen molar-refractivity contribution in [2.45, 2.75) is 25.5 Å². The smallest absolute Gasteiger partial charge is 0.123 e. The van der Waals surface area contributed by atoms with Gasteiger partial charge in [-0.2, -0.15) is 0 Å². The van der Waals surface area contributed by atoms with Crippen molar-refractivity contribution in [1.82, 2.24) is 5.32 Å². The van der Waals surface area contributed by atoms with Gasteiger partial charge in [0, 0.05) is 6.04 Å². The minimum atomic E-state index is -0.198. The molecule has 0 radical (unpaired) electrons. The van der Waals surface area contributed by atoms with Gasteiger partial charge in [0.2, 0.25) is 0 Å². The summed E-state index contributed by atoms with van der Waals surface area (Å²) in [5.41, 5.74) is 1.02. The summed E-state index contributed by atoms with van der Waals surface area (Å²) in [5.74, 6) is -0.198. The molecule has 1 aromatic carbocycles. The Kier molecular flexibility index (Phi) is 3.69. The first-order chi connectivity index (χ1) is 7.34. The number of benzene rings is 1. The second-order valence-electron chi connectivity index (χ2n) is 3.93. The molecule has 1 saturated heterocycles. The molecule has 0 aromatic heterocycles. The van der Waals surface area contributed by atoms with Gasteiger partial charge in [-0.3, -0.25) is 0 Å². The molecule has 3 heteroatoms. The molecule has 15 heavy (non-hydrogen) atoms. The number of hydrogen-bond donors (Lipinski definition) is 1. The lowest BCUT2D eigenvalue weighted by molar-refractivity contribution is 0.103. The molecular weight excluding hydrogens is 193 g/mol. The maximum atomic E-state index is 12.6. The number of halogens is 1. The van der Waals surface area contributed by atoms with Crippen LogP contribution in [0.5, 0.6) is 0 Å². The van der Waals surface area contributed by atoms with Crippen molar-refractivity contribution < 1.29 is 9.13 Å². The van der Waals surface area contributed by atoms with Gasteiger partial charge in [-0.05, 0) is 37.1 Å². The van der Waals surface area contributed by atoms with Gasteiger partial charge in [0.25, 0.3) is 0 Å². The standard InChI is InChI=1S/C12H16FNO/c13-11-5-3-10(4-6-11)8-15-9-12-2-1-7-14-12/h3-6,12,14H,1-2,7-9H2. The van der Waals surface area contributed by atoms with Crippen LogP contribution in [0.2, 0.25) is 0 Å². The Morgan fingerprint density at radius 2 is 2.13 bits per heavy atom. The minimum Gasteiger partial charge on any atom is -0.375 e. The van der Waals surface area contributed by atoms with Crippen molar-refractivity contribution in [3.05, 3.63) is 35.6 Å². The summed E-state index contributed by atoms with van der Waals surface area (Å²) >= 11 is 0. The van der Waals surface area contributed by atoms with Crippen LogP contribution < -0.4 is 5.32 Å². The van der Waals surface area contributed by atoms with E-state index in [1.54, 1.807) is 12.1 Å². The van der Waals surface area contributed by atoms with Gasteiger partial charge in [0.05, 0.1) is 13.2 Å². The Morgan fingerprint density at radius 1 is 1.33 bits per heavy atom. The highest BCUT2D eigenvalue weighted by molar-refractivity contribution is 5.14. The van der Waals surface area contributed by atoms with Gasteiger partial charge in [0.1, 0.15) is 5.82 Å². The third-order valence-corrected chi connectivity index (χ3v) is 2.66. The molecule has 1 aliphatic heterocycles. The molecule has 0 aliphatic carbocycles. The highest BCUT2D eigenvalue weighted by Gasteiger charge is 2.13. The molecular formula is C12H16FNO. The lowest BCUT2D eigenvalue weighted by atomic mass is 10.2. The Balaban J connectivity index is 1.71. The van der Waals surface area contributed by atoms with E-state index in [0.29, 0.717) is 12.6 Å². The molecule has 82 valence electrons. The van der Waals surface area contributed by atoms with Crippen LogP contribution in [0.1, 0.15) is 18.4 Å². The van der Waals surface area contributed by atoms with E-state index in [-0.39, 0.29) is 5.82 Å². The Morgan fingerprint density at radius 3 is 2.80 bits per heavy atom. The second-order valence-corrected chi connectivity index (χ2v) is 3.93. The van der Waals surface area contributed by atoms with Crippen molar-refractivity contribution in [2.75, 3.05) is 13.2 Å². The zero-order chi connectivity index (χ0) is 10.5. The summed E-state index contributed by atoms with van der Waals surface area (Å²) in [6.45, 7) is 2.42. The molecule has 1 unspecified atom stereocenters. The molecule has 2 rings (SSSR count). The first kappa shape index (κ1) is 10.6. The summed E-state index contributed by atoms with van der Waals surface area (Å²) in [6, 6.07) is 6.96. The van der Waals surface area contributed by atoms with Crippen LogP contribution in [0.15, 0.2) is 24.3 Å². The van der Waals surface area contributed by atoms with Crippen LogP contribution in [0.25, 0.3) is 0 Å². The van der Waals surface area contributed by atoms with E-state index in [2.05, 4.69) is 5.32 Å². The first-order valence-electron chi connectivity index (χ1n) is 5.40. The summed E-state index contributed by atoms with van der Waals surface area (Å²) in [5, 5.41) is 3.37. The normalized spacial score (nSPS) is 20.7. The Labute approximate surface area is 89.4 Å². The molecule has 0 saturated carbocycles. The maximum Gasteiger partial charge on any atom is 0.123 e. The van der Waals surface area contributed by atoms with E-state index in [0.717, 1.165) is 18.7 Å². The van der Waals surface area contributed by atoms with Crippen LogP contribution >= 0.6 is 0 Å². The van der Waals surface area contributed by atoms with E-state index in [1.807, 2.05) is 0 Å². The van der Waals surface area contributed by atoms with Gasteiger partial charge in [0.15, 0.2) is 0 Å². The molecule has 0 spiro atoms. The van der Waals surface area contributed by atoms with Gasteiger partial charge in [-0.15, -0.1) is 0 Å². The van der Waals surface area contributed by atoms with Crippen LogP contribution in [0.3, 0.4) is 0 Å². The molecule has 1 aliphatic rings. The van der Waals surface area contributed by atoms with Crippen molar-refractivity contribution in [3.63, 3.8) is 0 Å². The molecule has 0 bridgehead atoms. The average Bonchev–Trinajstić information content (AvgIpc) is 2.74. The van der Waals surface area contributed by atoms with E-state index in [1.165, 1.54) is 25.0 Å². The molecule has 1 atom stereocenters. The number of hydrogen-bond acceptors (Lipinski definition) is 2. The number of nitrogens with one attached hydrogen (secondary N) is 1. The topological polar surface area (TPSA) is 21.3 Å².